The van der Waals surface area contributed by atoms with Gasteiger partial charge < -0.3 is 15.4 Å². The standard InChI is InChI=1S/C20H19ClN2O4/c1-12-7-8-14(11-15(12)21)22-19(25)18(13-5-3-2-4-6-13)27-20(26)16-9-10-17(24)23-16/h2-8,11,16,18H,9-10H2,1H3,(H,22,25)(H,23,24). The van der Waals surface area contributed by atoms with Crippen molar-refractivity contribution in [3.8, 4) is 0 Å². The molecule has 0 saturated carbocycles. The molecule has 1 saturated heterocycles. The number of hydrogen-bond donors (Lipinski definition) is 2. The quantitative estimate of drug-likeness (QED) is 0.773. The number of aryl methyl sites for hydroxylation is 1. The van der Waals surface area contributed by atoms with Crippen molar-refractivity contribution in [1.29, 1.82) is 0 Å². The van der Waals surface area contributed by atoms with Crippen molar-refractivity contribution in [2.45, 2.75) is 31.9 Å². The van der Waals surface area contributed by atoms with Gasteiger partial charge >= 0.3 is 5.97 Å². The Hall–Kier alpha value is -2.86. The number of rotatable bonds is 5. The molecule has 1 aliphatic heterocycles. The third kappa shape index (κ3) is 4.65. The maximum atomic E-state index is 12.8. The van der Waals surface area contributed by atoms with Gasteiger partial charge in [0.1, 0.15) is 6.04 Å². The number of anilines is 1. The second kappa shape index (κ2) is 8.22. The summed E-state index contributed by atoms with van der Waals surface area (Å²) in [5.41, 5.74) is 1.92. The predicted molar refractivity (Wildman–Crippen MR) is 101 cm³/mol. The van der Waals surface area contributed by atoms with Gasteiger partial charge in [0.15, 0.2) is 0 Å². The van der Waals surface area contributed by atoms with E-state index in [4.69, 9.17) is 16.3 Å². The Balaban J connectivity index is 1.79. The van der Waals surface area contributed by atoms with Crippen LogP contribution in [0.1, 0.15) is 30.1 Å². The zero-order valence-electron chi connectivity index (χ0n) is 14.7. The van der Waals surface area contributed by atoms with Crippen molar-refractivity contribution in [1.82, 2.24) is 5.32 Å². The van der Waals surface area contributed by atoms with E-state index in [-0.39, 0.29) is 12.3 Å². The molecule has 3 rings (SSSR count). The summed E-state index contributed by atoms with van der Waals surface area (Å²) in [6, 6.07) is 13.1. The Kier molecular flexibility index (Phi) is 5.76. The lowest BCUT2D eigenvalue weighted by Gasteiger charge is -2.20. The van der Waals surface area contributed by atoms with Crippen LogP contribution in [0.3, 0.4) is 0 Å². The fourth-order valence-electron chi connectivity index (χ4n) is 2.77. The number of nitrogens with one attached hydrogen (secondary N) is 2. The first-order valence-electron chi connectivity index (χ1n) is 8.56. The van der Waals surface area contributed by atoms with Crippen LogP contribution < -0.4 is 10.6 Å². The Morgan fingerprint density at radius 2 is 1.96 bits per heavy atom. The summed E-state index contributed by atoms with van der Waals surface area (Å²) in [7, 11) is 0. The summed E-state index contributed by atoms with van der Waals surface area (Å²) in [4.78, 5) is 36.5. The van der Waals surface area contributed by atoms with Crippen LogP contribution in [0.2, 0.25) is 5.02 Å². The summed E-state index contributed by atoms with van der Waals surface area (Å²) < 4.78 is 5.46. The van der Waals surface area contributed by atoms with Crippen LogP contribution in [0.4, 0.5) is 5.69 Å². The highest BCUT2D eigenvalue weighted by atomic mass is 35.5. The molecule has 1 heterocycles. The van der Waals surface area contributed by atoms with E-state index in [1.165, 1.54) is 0 Å². The number of carbonyl (C=O) groups is 3. The van der Waals surface area contributed by atoms with Crippen LogP contribution in [0.5, 0.6) is 0 Å². The molecule has 0 aliphatic carbocycles. The Labute approximate surface area is 161 Å². The molecule has 140 valence electrons. The maximum Gasteiger partial charge on any atom is 0.329 e. The molecule has 0 spiro atoms. The molecular formula is C20H19ClN2O4. The Morgan fingerprint density at radius 3 is 2.59 bits per heavy atom. The van der Waals surface area contributed by atoms with E-state index >= 15 is 0 Å². The highest BCUT2D eigenvalue weighted by Crippen LogP contribution is 2.24. The normalized spacial score (nSPS) is 17.1. The van der Waals surface area contributed by atoms with Crippen molar-refractivity contribution >= 4 is 35.1 Å². The van der Waals surface area contributed by atoms with E-state index in [2.05, 4.69) is 10.6 Å². The first-order valence-corrected chi connectivity index (χ1v) is 8.93. The fourth-order valence-corrected chi connectivity index (χ4v) is 2.95. The molecular weight excluding hydrogens is 368 g/mol. The molecule has 2 N–H and O–H groups in total. The topological polar surface area (TPSA) is 84.5 Å². The SMILES string of the molecule is Cc1ccc(NC(=O)C(OC(=O)C2CCC(=O)N2)c2ccccc2)cc1Cl. The van der Waals surface area contributed by atoms with Crippen LogP contribution in [-0.2, 0) is 19.1 Å². The van der Waals surface area contributed by atoms with E-state index in [0.717, 1.165) is 5.56 Å². The van der Waals surface area contributed by atoms with Crippen LogP contribution in [0.15, 0.2) is 48.5 Å². The molecule has 2 aromatic carbocycles. The van der Waals surface area contributed by atoms with Gasteiger partial charge in [-0.05, 0) is 31.0 Å². The molecule has 1 fully saturated rings. The van der Waals surface area contributed by atoms with Gasteiger partial charge in [0, 0.05) is 22.7 Å². The lowest BCUT2D eigenvalue weighted by Crippen LogP contribution is -2.37. The van der Waals surface area contributed by atoms with Crippen molar-refractivity contribution in [2.75, 3.05) is 5.32 Å². The monoisotopic (exact) mass is 386 g/mol. The van der Waals surface area contributed by atoms with E-state index in [1.54, 1.807) is 48.5 Å². The number of amides is 2. The summed E-state index contributed by atoms with van der Waals surface area (Å²) >= 11 is 6.10. The predicted octanol–water partition coefficient (Wildman–Crippen LogP) is 3.15. The molecule has 1 aliphatic rings. The van der Waals surface area contributed by atoms with E-state index in [0.29, 0.717) is 22.7 Å². The third-order valence-corrected chi connectivity index (χ3v) is 4.70. The number of ether oxygens (including phenoxy) is 1. The third-order valence-electron chi connectivity index (χ3n) is 4.29. The molecule has 27 heavy (non-hydrogen) atoms. The molecule has 2 amide bonds. The highest BCUT2D eigenvalue weighted by molar-refractivity contribution is 6.31. The van der Waals surface area contributed by atoms with Gasteiger partial charge in [-0.25, -0.2) is 4.79 Å². The van der Waals surface area contributed by atoms with Crippen LogP contribution in [0, 0.1) is 6.92 Å². The molecule has 2 aromatic rings. The fraction of sp³-hybridized carbons (Fsp3) is 0.250. The zero-order chi connectivity index (χ0) is 19.4. The number of carbonyl (C=O) groups excluding carboxylic acids is 3. The Bertz CT molecular complexity index is 870. The van der Waals surface area contributed by atoms with Gasteiger partial charge in [-0.2, -0.15) is 0 Å². The molecule has 0 bridgehead atoms. The van der Waals surface area contributed by atoms with Gasteiger partial charge in [-0.1, -0.05) is 48.0 Å². The summed E-state index contributed by atoms with van der Waals surface area (Å²) in [5, 5.41) is 5.80. The minimum absolute atomic E-state index is 0.202. The lowest BCUT2D eigenvalue weighted by molar-refractivity contribution is -0.156. The number of esters is 1. The van der Waals surface area contributed by atoms with E-state index in [1.807, 2.05) is 6.92 Å². The van der Waals surface area contributed by atoms with Gasteiger partial charge in [0.25, 0.3) is 5.91 Å². The zero-order valence-corrected chi connectivity index (χ0v) is 15.5. The van der Waals surface area contributed by atoms with Crippen molar-refractivity contribution in [2.24, 2.45) is 0 Å². The number of halogens is 1. The Morgan fingerprint density at radius 1 is 1.22 bits per heavy atom. The van der Waals surface area contributed by atoms with Gasteiger partial charge in [0.05, 0.1) is 0 Å². The van der Waals surface area contributed by atoms with Crippen molar-refractivity contribution < 1.29 is 19.1 Å². The average Bonchev–Trinajstić information content (AvgIpc) is 3.10. The smallest absolute Gasteiger partial charge is 0.329 e. The molecule has 0 radical (unpaired) electrons. The second-order valence-electron chi connectivity index (χ2n) is 6.34. The van der Waals surface area contributed by atoms with Crippen LogP contribution in [0.25, 0.3) is 0 Å². The second-order valence-corrected chi connectivity index (χ2v) is 6.75. The van der Waals surface area contributed by atoms with Crippen LogP contribution in [-0.4, -0.2) is 23.8 Å². The molecule has 2 unspecified atom stereocenters. The number of hydrogen-bond acceptors (Lipinski definition) is 4. The molecule has 6 nitrogen and oxygen atoms in total. The molecule has 7 heteroatoms. The van der Waals surface area contributed by atoms with Crippen molar-refractivity contribution in [3.05, 3.63) is 64.7 Å². The first-order chi connectivity index (χ1) is 12.9. The van der Waals surface area contributed by atoms with Gasteiger partial charge in [0.2, 0.25) is 12.0 Å². The van der Waals surface area contributed by atoms with E-state index in [9.17, 15) is 14.4 Å². The average molecular weight is 387 g/mol. The summed E-state index contributed by atoms with van der Waals surface area (Å²) in [6.07, 6.45) is -0.519. The highest BCUT2D eigenvalue weighted by Gasteiger charge is 2.33. The summed E-state index contributed by atoms with van der Waals surface area (Å²) in [5.74, 6) is -1.34. The largest absolute Gasteiger partial charge is 0.446 e. The summed E-state index contributed by atoms with van der Waals surface area (Å²) in [6.45, 7) is 1.86. The maximum absolute atomic E-state index is 12.8. The minimum atomic E-state index is -1.14. The molecule has 0 aromatic heterocycles. The van der Waals surface area contributed by atoms with Gasteiger partial charge in [-0.3, -0.25) is 9.59 Å². The molecule has 2 atom stereocenters. The first kappa shape index (κ1) is 18.9. The van der Waals surface area contributed by atoms with Gasteiger partial charge in [-0.15, -0.1) is 0 Å². The van der Waals surface area contributed by atoms with E-state index < -0.39 is 24.0 Å². The number of benzene rings is 2. The van der Waals surface area contributed by atoms with Crippen LogP contribution >= 0.6 is 11.6 Å². The lowest BCUT2D eigenvalue weighted by atomic mass is 10.1. The minimum Gasteiger partial charge on any atom is -0.446 e. The van der Waals surface area contributed by atoms with Crippen molar-refractivity contribution in [3.63, 3.8) is 0 Å².